The van der Waals surface area contributed by atoms with Gasteiger partial charge in [-0.1, -0.05) is 61.4 Å². The van der Waals surface area contributed by atoms with Crippen molar-refractivity contribution in [3.63, 3.8) is 0 Å². The van der Waals surface area contributed by atoms with Crippen molar-refractivity contribution in [3.05, 3.63) is 78.4 Å². The van der Waals surface area contributed by atoms with Crippen LogP contribution in [0.1, 0.15) is 62.0 Å². The molecule has 3 amide bonds. The van der Waals surface area contributed by atoms with Crippen LogP contribution in [0.5, 0.6) is 5.75 Å². The van der Waals surface area contributed by atoms with Crippen molar-refractivity contribution >= 4 is 18.2 Å². The molecule has 1 saturated carbocycles. The van der Waals surface area contributed by atoms with Gasteiger partial charge < -0.3 is 19.4 Å². The number of hydrogen-bond acceptors (Lipinski definition) is 4. The van der Waals surface area contributed by atoms with Crippen molar-refractivity contribution in [1.82, 2.24) is 14.7 Å². The highest BCUT2D eigenvalue weighted by Gasteiger charge is 2.32. The van der Waals surface area contributed by atoms with E-state index in [0.717, 1.165) is 62.9 Å². The van der Waals surface area contributed by atoms with Crippen molar-refractivity contribution in [2.75, 3.05) is 39.8 Å². The lowest BCUT2D eigenvalue weighted by molar-refractivity contribution is -0.134. The van der Waals surface area contributed by atoms with Gasteiger partial charge in [-0.15, -0.1) is 6.58 Å². The minimum atomic E-state index is 0.0969. The second-order valence-electron chi connectivity index (χ2n) is 11.4. The first kappa shape index (κ1) is 30.4. The molecule has 2 heterocycles. The number of carbonyl (C=O) groups excluding carboxylic acids is 3. The molecule has 2 saturated heterocycles. The number of benzene rings is 2. The Labute approximate surface area is 245 Å². The van der Waals surface area contributed by atoms with Crippen LogP contribution in [0.3, 0.4) is 0 Å². The second-order valence-corrected chi connectivity index (χ2v) is 11.4. The van der Waals surface area contributed by atoms with E-state index in [1.54, 1.807) is 18.1 Å². The highest BCUT2D eigenvalue weighted by atomic mass is 16.5. The summed E-state index contributed by atoms with van der Waals surface area (Å²) in [6, 6.07) is 18.4. The van der Waals surface area contributed by atoms with Crippen LogP contribution in [0.2, 0.25) is 0 Å². The van der Waals surface area contributed by atoms with E-state index < -0.39 is 0 Å². The van der Waals surface area contributed by atoms with E-state index in [2.05, 4.69) is 41.8 Å². The third-order valence-electron chi connectivity index (χ3n) is 8.72. The van der Waals surface area contributed by atoms with Gasteiger partial charge in [-0.2, -0.15) is 0 Å². The summed E-state index contributed by atoms with van der Waals surface area (Å²) >= 11 is 0. The number of amides is 3. The predicted octanol–water partition coefficient (Wildman–Crippen LogP) is 5.07. The van der Waals surface area contributed by atoms with E-state index in [1.807, 2.05) is 29.2 Å². The fourth-order valence-electron chi connectivity index (χ4n) is 6.30. The van der Waals surface area contributed by atoms with Crippen LogP contribution < -0.4 is 4.74 Å². The number of nitrogens with zero attached hydrogens (tertiary/aromatic N) is 3. The molecule has 7 heteroatoms. The Morgan fingerprint density at radius 2 is 1.63 bits per heavy atom. The third kappa shape index (κ3) is 8.44. The van der Waals surface area contributed by atoms with Crippen LogP contribution in [0.4, 0.5) is 0 Å². The van der Waals surface area contributed by atoms with E-state index in [0.29, 0.717) is 43.8 Å². The Morgan fingerprint density at radius 1 is 0.951 bits per heavy atom. The number of likely N-dealkylation sites (tertiary alicyclic amines) is 2. The van der Waals surface area contributed by atoms with Gasteiger partial charge in [-0.3, -0.25) is 14.4 Å². The quantitative estimate of drug-likeness (QED) is 0.318. The average Bonchev–Trinajstić information content (AvgIpc) is 3.74. The molecule has 0 aromatic heterocycles. The maximum Gasteiger partial charge on any atom is 0.227 e. The Hall–Kier alpha value is -3.61. The lowest BCUT2D eigenvalue weighted by atomic mass is 9.99. The van der Waals surface area contributed by atoms with Gasteiger partial charge in [-0.25, -0.2) is 0 Å². The predicted molar refractivity (Wildman–Crippen MR) is 162 cm³/mol. The number of rotatable bonds is 9. The molecule has 220 valence electrons. The molecule has 41 heavy (non-hydrogen) atoms. The Bertz CT molecular complexity index is 1120. The summed E-state index contributed by atoms with van der Waals surface area (Å²) in [5.74, 6) is 2.19. The maximum atomic E-state index is 12.7. The molecule has 2 aromatic rings. The van der Waals surface area contributed by atoms with Crippen LogP contribution in [-0.2, 0) is 20.8 Å². The first-order valence-electron chi connectivity index (χ1n) is 15.1. The highest BCUT2D eigenvalue weighted by molar-refractivity contribution is 5.80. The smallest absolute Gasteiger partial charge is 0.227 e. The summed E-state index contributed by atoms with van der Waals surface area (Å²) in [5, 5.41) is 0. The first-order valence-corrected chi connectivity index (χ1v) is 15.1. The minimum Gasteiger partial charge on any atom is -0.497 e. The molecule has 1 aliphatic carbocycles. The number of methoxy groups -OCH3 is 1. The molecule has 2 aliphatic heterocycles. The van der Waals surface area contributed by atoms with Crippen LogP contribution in [-0.4, -0.2) is 78.8 Å². The second kappa shape index (κ2) is 15.4. The van der Waals surface area contributed by atoms with Gasteiger partial charge in [0.05, 0.1) is 13.5 Å². The van der Waals surface area contributed by atoms with Gasteiger partial charge in [0, 0.05) is 50.6 Å². The molecule has 2 aromatic carbocycles. The van der Waals surface area contributed by atoms with Gasteiger partial charge in [0.15, 0.2) is 0 Å². The van der Waals surface area contributed by atoms with E-state index in [-0.39, 0.29) is 11.9 Å². The van der Waals surface area contributed by atoms with Crippen molar-refractivity contribution in [3.8, 4) is 5.75 Å². The van der Waals surface area contributed by atoms with Crippen LogP contribution in [0.15, 0.2) is 67.3 Å². The molecular formula is C34H45N3O4. The normalized spacial score (nSPS) is 19.3. The van der Waals surface area contributed by atoms with Gasteiger partial charge >= 0.3 is 0 Å². The van der Waals surface area contributed by atoms with Crippen molar-refractivity contribution in [2.24, 2.45) is 5.92 Å². The highest BCUT2D eigenvalue weighted by Crippen LogP contribution is 2.32. The van der Waals surface area contributed by atoms with Gasteiger partial charge in [0.25, 0.3) is 0 Å². The molecule has 1 unspecified atom stereocenters. The molecule has 5 rings (SSSR count). The summed E-state index contributed by atoms with van der Waals surface area (Å²) < 4.78 is 5.13. The van der Waals surface area contributed by atoms with Gasteiger partial charge in [-0.05, 0) is 55.4 Å². The Morgan fingerprint density at radius 3 is 2.24 bits per heavy atom. The van der Waals surface area contributed by atoms with Crippen molar-refractivity contribution < 1.29 is 19.1 Å². The standard InChI is InChI=1S/C18H24N2O3.C16H21NO/c1-3-10-20(16-8-11-19(14-21)12-9-16)18(22)13-15-4-6-17(23-2)7-5-15;18-16(14-8-4-5-9-14)17-11-10-15(12-17)13-6-2-1-3-7-13/h3-7,14,16H,1,8-13H2,2H3;1-3,6-7,14-15H,4-5,8-12H2. The zero-order valence-electron chi connectivity index (χ0n) is 24.5. The number of piperidine rings is 1. The van der Waals surface area contributed by atoms with Gasteiger partial charge in [0.1, 0.15) is 5.75 Å². The monoisotopic (exact) mass is 559 g/mol. The fraction of sp³-hybridized carbons (Fsp3) is 0.500. The van der Waals surface area contributed by atoms with E-state index in [9.17, 15) is 14.4 Å². The summed E-state index contributed by atoms with van der Waals surface area (Å²) in [6.07, 6.45) is 10.5. The Balaban J connectivity index is 0.000000194. The molecule has 0 spiro atoms. The molecule has 1 atom stereocenters. The third-order valence-corrected chi connectivity index (χ3v) is 8.72. The summed E-state index contributed by atoms with van der Waals surface area (Å²) in [7, 11) is 1.62. The van der Waals surface area contributed by atoms with E-state index in [1.165, 1.54) is 18.4 Å². The zero-order chi connectivity index (χ0) is 29.0. The minimum absolute atomic E-state index is 0.0969. The number of hydrogen-bond donors (Lipinski definition) is 0. The molecular weight excluding hydrogens is 514 g/mol. The van der Waals surface area contributed by atoms with Gasteiger partial charge in [0.2, 0.25) is 18.2 Å². The lowest BCUT2D eigenvalue weighted by Gasteiger charge is -2.37. The maximum absolute atomic E-state index is 12.7. The molecule has 0 bridgehead atoms. The van der Waals surface area contributed by atoms with Crippen LogP contribution >= 0.6 is 0 Å². The van der Waals surface area contributed by atoms with Crippen molar-refractivity contribution in [1.29, 1.82) is 0 Å². The number of carbonyl (C=O) groups is 3. The largest absolute Gasteiger partial charge is 0.497 e. The van der Waals surface area contributed by atoms with E-state index >= 15 is 0 Å². The molecule has 7 nitrogen and oxygen atoms in total. The summed E-state index contributed by atoms with van der Waals surface area (Å²) in [5.41, 5.74) is 2.36. The number of ether oxygens (including phenoxy) is 1. The topological polar surface area (TPSA) is 70.2 Å². The molecule has 0 N–H and O–H groups in total. The first-order chi connectivity index (χ1) is 20.0. The molecule has 0 radical (unpaired) electrons. The van der Waals surface area contributed by atoms with E-state index in [4.69, 9.17) is 4.74 Å². The molecule has 3 fully saturated rings. The SMILES string of the molecule is C=CCN(C(=O)Cc1ccc(OC)cc1)C1CCN(C=O)CC1.O=C(C1CCCC1)N1CCC(c2ccccc2)C1. The van der Waals surface area contributed by atoms with Crippen molar-refractivity contribution in [2.45, 2.75) is 63.3 Å². The van der Waals surface area contributed by atoms with Crippen LogP contribution in [0, 0.1) is 5.92 Å². The molecule has 3 aliphatic rings. The summed E-state index contributed by atoms with van der Waals surface area (Å²) in [4.78, 5) is 41.6. The average molecular weight is 560 g/mol. The van der Waals surface area contributed by atoms with Crippen LogP contribution in [0.25, 0.3) is 0 Å². The lowest BCUT2D eigenvalue weighted by Crippen LogP contribution is -2.47. The fourth-order valence-corrected chi connectivity index (χ4v) is 6.30. The zero-order valence-corrected chi connectivity index (χ0v) is 24.5. The summed E-state index contributed by atoms with van der Waals surface area (Å²) in [6.45, 7) is 7.60. The Kier molecular flexibility index (Phi) is 11.4.